The number of rotatable bonds is 7. The molecule has 0 spiro atoms. The Morgan fingerprint density at radius 2 is 1.90 bits per heavy atom. The Labute approximate surface area is 140 Å². The van der Waals surface area contributed by atoms with Gasteiger partial charge in [-0.25, -0.2) is 16.8 Å². The molecule has 0 aromatic heterocycles. The van der Waals surface area contributed by atoms with Gasteiger partial charge >= 0.3 is 29.6 Å². The van der Waals surface area contributed by atoms with Crippen molar-refractivity contribution in [1.29, 1.82) is 0 Å². The van der Waals surface area contributed by atoms with Gasteiger partial charge in [-0.1, -0.05) is 6.07 Å². The Morgan fingerprint density at radius 3 is 2.45 bits per heavy atom. The first-order valence-electron chi connectivity index (χ1n) is 5.41. The molecule has 20 heavy (non-hydrogen) atoms. The Hall–Kier alpha value is -0.160. The fourth-order valence-electron chi connectivity index (χ4n) is 1.37. The van der Waals surface area contributed by atoms with Crippen molar-refractivity contribution in [3.8, 4) is 0 Å². The molecule has 1 N–H and O–H groups in total. The largest absolute Gasteiger partial charge is 1.00 e. The van der Waals surface area contributed by atoms with Gasteiger partial charge in [-0.15, -0.1) is 0 Å². The Balaban J connectivity index is 0.00000361. The predicted octanol–water partition coefficient (Wildman–Crippen LogP) is -2.63. The molecule has 10 heteroatoms. The molecule has 0 heterocycles. The van der Waals surface area contributed by atoms with E-state index in [2.05, 4.69) is 9.50 Å². The molecule has 0 saturated heterocycles. The van der Waals surface area contributed by atoms with Crippen molar-refractivity contribution in [2.45, 2.75) is 11.8 Å². The van der Waals surface area contributed by atoms with E-state index in [9.17, 15) is 21.4 Å². The van der Waals surface area contributed by atoms with Crippen LogP contribution in [0.5, 0.6) is 0 Å². The second-order valence-corrected chi connectivity index (χ2v) is 6.77. The van der Waals surface area contributed by atoms with E-state index in [4.69, 9.17) is 0 Å². The van der Waals surface area contributed by atoms with Gasteiger partial charge in [-0.05, 0) is 25.1 Å². The minimum atomic E-state index is -4.87. The normalized spacial score (nSPS) is 11.7. The molecule has 0 atom stereocenters. The molecule has 0 radical (unpaired) electrons. The molecule has 108 valence electrons. The molecule has 0 aliphatic rings. The fourth-order valence-corrected chi connectivity index (χ4v) is 2.89. The second kappa shape index (κ2) is 8.32. The Kier molecular flexibility index (Phi) is 8.26. The second-order valence-electron chi connectivity index (χ2n) is 3.61. The van der Waals surface area contributed by atoms with Crippen molar-refractivity contribution in [3.05, 3.63) is 24.3 Å². The third-order valence-corrected chi connectivity index (χ3v) is 4.29. The van der Waals surface area contributed by atoms with E-state index in [0.29, 0.717) is 12.2 Å². The van der Waals surface area contributed by atoms with Crippen LogP contribution in [0.15, 0.2) is 29.2 Å². The summed E-state index contributed by atoms with van der Waals surface area (Å²) in [6, 6.07) is 6.10. The van der Waals surface area contributed by atoms with E-state index >= 15 is 0 Å². The zero-order valence-corrected chi connectivity index (χ0v) is 14.8. The molecule has 0 aliphatic carbocycles. The van der Waals surface area contributed by atoms with Crippen molar-refractivity contribution < 1.29 is 55.1 Å². The summed E-state index contributed by atoms with van der Waals surface area (Å²) in [5, 5.41) is 2.96. The zero-order chi connectivity index (χ0) is 14.5. The molecular weight excluding hydrogens is 317 g/mol. The van der Waals surface area contributed by atoms with Crippen LogP contribution in [0.25, 0.3) is 0 Å². The SMILES string of the molecule is CCNc1cccc(S(=O)(=O)CCOS(=O)(=O)[O-])c1.[Na+]. The molecule has 0 unspecified atom stereocenters. The molecule has 1 aromatic rings. The van der Waals surface area contributed by atoms with E-state index < -0.39 is 32.6 Å². The standard InChI is InChI=1S/C10H15NO6S2.Na/c1-2-11-9-4-3-5-10(8-9)18(12,13)7-6-17-19(14,15)16;/h3-5,8,11H,2,6-7H2,1H3,(H,14,15,16);/q;+1/p-1. The third kappa shape index (κ3) is 7.02. The molecule has 0 saturated carbocycles. The number of anilines is 1. The van der Waals surface area contributed by atoms with Crippen LogP contribution in [0.4, 0.5) is 5.69 Å². The number of hydrogen-bond donors (Lipinski definition) is 1. The summed E-state index contributed by atoms with van der Waals surface area (Å²) in [7, 11) is -8.56. The first kappa shape index (κ1) is 19.8. The number of nitrogens with one attached hydrogen (secondary N) is 1. The van der Waals surface area contributed by atoms with Crippen LogP contribution < -0.4 is 34.9 Å². The van der Waals surface area contributed by atoms with Crippen LogP contribution >= 0.6 is 0 Å². The molecule has 0 amide bonds. The predicted molar refractivity (Wildman–Crippen MR) is 68.3 cm³/mol. The summed E-state index contributed by atoms with van der Waals surface area (Å²) in [6.45, 7) is 1.81. The molecule has 7 nitrogen and oxygen atoms in total. The smallest absolute Gasteiger partial charge is 0.726 e. The van der Waals surface area contributed by atoms with Crippen LogP contribution in [-0.4, -0.2) is 40.3 Å². The van der Waals surface area contributed by atoms with Gasteiger partial charge in [0.25, 0.3) is 0 Å². The summed E-state index contributed by atoms with van der Waals surface area (Å²) in [5.74, 6) is -0.579. The van der Waals surface area contributed by atoms with Crippen molar-refractivity contribution in [2.24, 2.45) is 0 Å². The van der Waals surface area contributed by atoms with Gasteiger partial charge in [0.1, 0.15) is 0 Å². The van der Waals surface area contributed by atoms with Crippen LogP contribution in [0.2, 0.25) is 0 Å². The van der Waals surface area contributed by atoms with Gasteiger partial charge in [0, 0.05) is 12.2 Å². The quantitative estimate of drug-likeness (QED) is 0.330. The van der Waals surface area contributed by atoms with Crippen LogP contribution in [0.3, 0.4) is 0 Å². The minimum absolute atomic E-state index is 0. The fraction of sp³-hybridized carbons (Fsp3) is 0.400. The van der Waals surface area contributed by atoms with E-state index in [1.807, 2.05) is 6.92 Å². The molecule has 0 fully saturated rings. The van der Waals surface area contributed by atoms with Gasteiger partial charge < -0.3 is 9.87 Å². The third-order valence-electron chi connectivity index (χ3n) is 2.15. The van der Waals surface area contributed by atoms with Gasteiger partial charge in [-0.3, -0.25) is 4.18 Å². The summed E-state index contributed by atoms with van der Waals surface area (Å²) in [4.78, 5) is 0.0397. The van der Waals surface area contributed by atoms with Gasteiger partial charge in [-0.2, -0.15) is 0 Å². The maximum Gasteiger partial charge on any atom is 1.00 e. The van der Waals surface area contributed by atoms with Gasteiger partial charge in [0.15, 0.2) is 9.84 Å². The van der Waals surface area contributed by atoms with Gasteiger partial charge in [0.2, 0.25) is 10.4 Å². The molecule has 1 rings (SSSR count). The summed E-state index contributed by atoms with van der Waals surface area (Å²) < 4.78 is 58.3. The summed E-state index contributed by atoms with van der Waals surface area (Å²) >= 11 is 0. The minimum Gasteiger partial charge on any atom is -0.726 e. The van der Waals surface area contributed by atoms with Gasteiger partial charge in [0.05, 0.1) is 17.3 Å². The maximum absolute atomic E-state index is 11.9. The number of sulfone groups is 1. The van der Waals surface area contributed by atoms with Crippen molar-refractivity contribution in [2.75, 3.05) is 24.2 Å². The molecule has 0 bridgehead atoms. The first-order chi connectivity index (χ1) is 8.74. The van der Waals surface area contributed by atoms with Crippen molar-refractivity contribution >= 4 is 25.9 Å². The number of hydrogen-bond acceptors (Lipinski definition) is 7. The van der Waals surface area contributed by atoms with E-state index in [1.54, 1.807) is 12.1 Å². The maximum atomic E-state index is 11.9. The van der Waals surface area contributed by atoms with E-state index in [-0.39, 0.29) is 34.5 Å². The molecule has 0 aliphatic heterocycles. The molecule has 1 aromatic carbocycles. The Morgan fingerprint density at radius 1 is 1.25 bits per heavy atom. The van der Waals surface area contributed by atoms with Crippen LogP contribution in [0, 0.1) is 0 Å². The van der Waals surface area contributed by atoms with Crippen LogP contribution in [0.1, 0.15) is 6.92 Å². The monoisotopic (exact) mass is 331 g/mol. The first-order valence-corrected chi connectivity index (χ1v) is 8.40. The van der Waals surface area contributed by atoms with E-state index in [0.717, 1.165) is 0 Å². The number of benzene rings is 1. The van der Waals surface area contributed by atoms with E-state index in [1.165, 1.54) is 12.1 Å². The topological polar surface area (TPSA) is 113 Å². The molecular formula is C10H14NNaO6S2. The zero-order valence-electron chi connectivity index (χ0n) is 11.2. The van der Waals surface area contributed by atoms with Crippen LogP contribution in [-0.2, 0) is 24.4 Å². The summed E-state index contributed by atoms with van der Waals surface area (Å²) in [5.41, 5.74) is 0.640. The summed E-state index contributed by atoms with van der Waals surface area (Å²) in [6.07, 6.45) is 0. The van der Waals surface area contributed by atoms with Crippen molar-refractivity contribution in [3.63, 3.8) is 0 Å². The van der Waals surface area contributed by atoms with Crippen molar-refractivity contribution in [1.82, 2.24) is 0 Å². The average molecular weight is 331 g/mol. The Bertz CT molecular complexity index is 629. The average Bonchev–Trinajstić information content (AvgIpc) is 2.28.